The molecule has 4 nitrogen and oxygen atoms in total. The highest BCUT2D eigenvalue weighted by molar-refractivity contribution is 5.26. The SMILES string of the molecule is COCCC[NH+](Cc1ccc(OC)cc1)Cc1cccn1Cc1ccc(C)cc1. The standard InChI is InChI=1S/C25H32N2O2/c1-21-7-9-23(10-8-21)19-27-16-4-6-24(27)20-26(15-5-17-28-2)18-22-11-13-25(29-3)14-12-22/h4,6-14,16H,5,15,17-20H2,1-3H3/p+1. The summed E-state index contributed by atoms with van der Waals surface area (Å²) in [5.74, 6) is 0.904. The maximum atomic E-state index is 5.29. The number of nitrogens with zero attached hydrogens (tertiary/aromatic N) is 1. The molecule has 0 aliphatic carbocycles. The van der Waals surface area contributed by atoms with Gasteiger partial charge in [-0.15, -0.1) is 0 Å². The van der Waals surface area contributed by atoms with Crippen LogP contribution in [-0.2, 0) is 24.4 Å². The van der Waals surface area contributed by atoms with Crippen LogP contribution < -0.4 is 9.64 Å². The zero-order valence-corrected chi connectivity index (χ0v) is 17.9. The predicted octanol–water partition coefficient (Wildman–Crippen LogP) is 3.48. The molecule has 0 fully saturated rings. The first-order chi connectivity index (χ1) is 14.2. The minimum atomic E-state index is 0.802. The van der Waals surface area contributed by atoms with Gasteiger partial charge in [-0.3, -0.25) is 0 Å². The first kappa shape index (κ1) is 21.2. The van der Waals surface area contributed by atoms with E-state index in [2.05, 4.69) is 66.2 Å². The minimum Gasteiger partial charge on any atom is -0.497 e. The normalized spacial score (nSPS) is 12.1. The molecule has 1 N–H and O–H groups in total. The summed E-state index contributed by atoms with van der Waals surface area (Å²) in [6.45, 7) is 6.91. The lowest BCUT2D eigenvalue weighted by Gasteiger charge is -2.21. The first-order valence-corrected chi connectivity index (χ1v) is 10.3. The molecule has 0 aliphatic rings. The molecule has 0 spiro atoms. The monoisotopic (exact) mass is 393 g/mol. The highest BCUT2D eigenvalue weighted by Crippen LogP contribution is 2.11. The average molecular weight is 394 g/mol. The third kappa shape index (κ3) is 6.48. The Balaban J connectivity index is 1.69. The Labute approximate surface area is 174 Å². The van der Waals surface area contributed by atoms with Crippen molar-refractivity contribution in [3.8, 4) is 5.75 Å². The summed E-state index contributed by atoms with van der Waals surface area (Å²) in [5, 5.41) is 0. The fraction of sp³-hybridized carbons (Fsp3) is 0.360. The van der Waals surface area contributed by atoms with Gasteiger partial charge < -0.3 is 18.9 Å². The summed E-state index contributed by atoms with van der Waals surface area (Å²) >= 11 is 0. The second kappa shape index (κ2) is 10.8. The number of methoxy groups -OCH3 is 2. The number of nitrogens with one attached hydrogen (secondary N) is 1. The van der Waals surface area contributed by atoms with Gasteiger partial charge >= 0.3 is 0 Å². The molecule has 4 heteroatoms. The van der Waals surface area contributed by atoms with E-state index in [0.717, 1.165) is 45.0 Å². The molecule has 1 unspecified atom stereocenters. The van der Waals surface area contributed by atoms with Crippen molar-refractivity contribution < 1.29 is 14.4 Å². The summed E-state index contributed by atoms with van der Waals surface area (Å²) in [6, 6.07) is 21.6. The van der Waals surface area contributed by atoms with Crippen LogP contribution in [0.2, 0.25) is 0 Å². The summed E-state index contributed by atoms with van der Waals surface area (Å²) in [7, 11) is 3.48. The molecule has 0 aliphatic heterocycles. The molecule has 1 atom stereocenters. The van der Waals surface area contributed by atoms with Crippen molar-refractivity contribution in [1.82, 2.24) is 4.57 Å². The van der Waals surface area contributed by atoms with Gasteiger partial charge in [-0.1, -0.05) is 29.8 Å². The van der Waals surface area contributed by atoms with E-state index in [9.17, 15) is 0 Å². The van der Waals surface area contributed by atoms with Gasteiger partial charge in [0.2, 0.25) is 0 Å². The Morgan fingerprint density at radius 1 is 0.862 bits per heavy atom. The van der Waals surface area contributed by atoms with E-state index in [0.29, 0.717) is 0 Å². The molecule has 0 saturated carbocycles. The van der Waals surface area contributed by atoms with Gasteiger partial charge in [0.1, 0.15) is 18.8 Å². The third-order valence-corrected chi connectivity index (χ3v) is 5.32. The third-order valence-electron chi connectivity index (χ3n) is 5.32. The number of benzene rings is 2. The van der Waals surface area contributed by atoms with Crippen LogP contribution in [0, 0.1) is 6.92 Å². The van der Waals surface area contributed by atoms with Crippen molar-refractivity contribution in [2.45, 2.75) is 33.0 Å². The van der Waals surface area contributed by atoms with Crippen LogP contribution in [0.15, 0.2) is 66.9 Å². The van der Waals surface area contributed by atoms with Crippen molar-refractivity contribution in [2.75, 3.05) is 27.4 Å². The summed E-state index contributed by atoms with van der Waals surface area (Å²) in [4.78, 5) is 1.54. The molecule has 1 heterocycles. The second-order valence-electron chi connectivity index (χ2n) is 7.66. The Hall–Kier alpha value is -2.56. The van der Waals surface area contributed by atoms with E-state index in [1.54, 1.807) is 14.2 Å². The number of ether oxygens (including phenoxy) is 2. The molecule has 2 aromatic carbocycles. The molecule has 1 aromatic heterocycles. The zero-order chi connectivity index (χ0) is 20.5. The highest BCUT2D eigenvalue weighted by atomic mass is 16.5. The molecule has 3 aromatic rings. The molecule has 0 bridgehead atoms. The van der Waals surface area contributed by atoms with Crippen LogP contribution in [0.5, 0.6) is 5.75 Å². The molecule has 3 rings (SSSR count). The number of hydrogen-bond acceptors (Lipinski definition) is 2. The van der Waals surface area contributed by atoms with Crippen molar-refractivity contribution in [1.29, 1.82) is 0 Å². The maximum absolute atomic E-state index is 5.29. The minimum absolute atomic E-state index is 0.802. The highest BCUT2D eigenvalue weighted by Gasteiger charge is 2.14. The molecule has 0 saturated heterocycles. The number of rotatable bonds is 11. The second-order valence-corrected chi connectivity index (χ2v) is 7.66. The Kier molecular flexibility index (Phi) is 7.91. The molecular weight excluding hydrogens is 360 g/mol. The van der Waals surface area contributed by atoms with Crippen LogP contribution in [-0.4, -0.2) is 31.9 Å². The maximum Gasteiger partial charge on any atom is 0.118 e. The summed E-state index contributed by atoms with van der Waals surface area (Å²) in [6.07, 6.45) is 3.25. The molecule has 154 valence electrons. The lowest BCUT2D eigenvalue weighted by atomic mass is 10.1. The largest absolute Gasteiger partial charge is 0.497 e. The van der Waals surface area contributed by atoms with Crippen LogP contribution in [0.1, 0.15) is 28.8 Å². The van der Waals surface area contributed by atoms with Crippen molar-refractivity contribution in [3.63, 3.8) is 0 Å². The van der Waals surface area contributed by atoms with Crippen molar-refractivity contribution in [2.24, 2.45) is 0 Å². The van der Waals surface area contributed by atoms with Gasteiger partial charge in [0.15, 0.2) is 0 Å². The van der Waals surface area contributed by atoms with E-state index in [1.807, 2.05) is 12.1 Å². The first-order valence-electron chi connectivity index (χ1n) is 10.3. The fourth-order valence-corrected chi connectivity index (χ4v) is 3.65. The topological polar surface area (TPSA) is 27.8 Å². The van der Waals surface area contributed by atoms with E-state index in [-0.39, 0.29) is 0 Å². The number of hydrogen-bond donors (Lipinski definition) is 1. The van der Waals surface area contributed by atoms with Crippen molar-refractivity contribution >= 4 is 0 Å². The molecular formula is C25H33N2O2+. The van der Waals surface area contributed by atoms with E-state index < -0.39 is 0 Å². The Morgan fingerprint density at radius 2 is 1.59 bits per heavy atom. The van der Waals surface area contributed by atoms with Crippen LogP contribution in [0.3, 0.4) is 0 Å². The van der Waals surface area contributed by atoms with Crippen LogP contribution in [0.25, 0.3) is 0 Å². The number of aromatic nitrogens is 1. The fourth-order valence-electron chi connectivity index (χ4n) is 3.65. The van der Waals surface area contributed by atoms with E-state index in [4.69, 9.17) is 9.47 Å². The van der Waals surface area contributed by atoms with Crippen molar-refractivity contribution in [3.05, 3.63) is 89.2 Å². The Morgan fingerprint density at radius 3 is 2.28 bits per heavy atom. The van der Waals surface area contributed by atoms with E-state index >= 15 is 0 Å². The quantitative estimate of drug-likeness (QED) is 0.505. The lowest BCUT2D eigenvalue weighted by Crippen LogP contribution is -3.09. The Bertz CT molecular complexity index is 853. The van der Waals surface area contributed by atoms with Gasteiger partial charge in [0, 0.05) is 31.8 Å². The molecule has 0 radical (unpaired) electrons. The van der Waals surface area contributed by atoms with Gasteiger partial charge in [0.25, 0.3) is 0 Å². The number of aryl methyl sites for hydroxylation is 1. The summed E-state index contributed by atoms with van der Waals surface area (Å²) < 4.78 is 12.9. The molecule has 29 heavy (non-hydrogen) atoms. The van der Waals surface area contributed by atoms with Gasteiger partial charge in [-0.25, -0.2) is 0 Å². The van der Waals surface area contributed by atoms with Crippen LogP contribution >= 0.6 is 0 Å². The van der Waals surface area contributed by atoms with Gasteiger partial charge in [0.05, 0.1) is 26.0 Å². The summed E-state index contributed by atoms with van der Waals surface area (Å²) in [5.41, 5.74) is 5.33. The molecule has 0 amide bonds. The van der Waals surface area contributed by atoms with E-state index in [1.165, 1.54) is 27.3 Å². The van der Waals surface area contributed by atoms with Gasteiger partial charge in [-0.2, -0.15) is 0 Å². The van der Waals surface area contributed by atoms with Gasteiger partial charge in [-0.05, 0) is 48.9 Å². The lowest BCUT2D eigenvalue weighted by molar-refractivity contribution is -0.928. The van der Waals surface area contributed by atoms with Crippen LogP contribution in [0.4, 0.5) is 0 Å². The smallest absolute Gasteiger partial charge is 0.118 e. The zero-order valence-electron chi connectivity index (χ0n) is 17.9. The predicted molar refractivity (Wildman–Crippen MR) is 117 cm³/mol. The average Bonchev–Trinajstić information content (AvgIpc) is 3.17. The number of quaternary nitrogens is 1.